The molecule has 1 aliphatic carbocycles. The third-order valence-electron chi connectivity index (χ3n) is 4.49. The van der Waals surface area contributed by atoms with E-state index in [4.69, 9.17) is 0 Å². The van der Waals surface area contributed by atoms with Crippen molar-refractivity contribution in [2.45, 2.75) is 38.1 Å². The summed E-state index contributed by atoms with van der Waals surface area (Å²) in [4.78, 5) is 12.0. The van der Waals surface area contributed by atoms with Crippen LogP contribution in [0, 0.1) is 11.7 Å². The molecule has 1 saturated heterocycles. The summed E-state index contributed by atoms with van der Waals surface area (Å²) < 4.78 is 13.6. The van der Waals surface area contributed by atoms with Crippen LogP contribution in [0.3, 0.4) is 0 Å². The molecule has 1 fully saturated rings. The van der Waals surface area contributed by atoms with Crippen molar-refractivity contribution in [1.82, 2.24) is 10.6 Å². The standard InChI is InChI=1S/C16H21FN2O/c17-14-3-1-2-13-12(14)5-6-15(13)19-16(20)7-4-11-8-9-18-10-11/h1-3,11,15,18H,4-10H2,(H,19,20). The molecule has 0 aromatic heterocycles. The number of halogens is 1. The molecule has 3 nitrogen and oxygen atoms in total. The van der Waals surface area contributed by atoms with Gasteiger partial charge in [-0.3, -0.25) is 4.79 Å². The lowest BCUT2D eigenvalue weighted by Gasteiger charge is -2.15. The van der Waals surface area contributed by atoms with Crippen LogP contribution in [0.5, 0.6) is 0 Å². The highest BCUT2D eigenvalue weighted by Crippen LogP contribution is 2.32. The number of amides is 1. The summed E-state index contributed by atoms with van der Waals surface area (Å²) in [7, 11) is 0. The molecule has 1 aromatic rings. The zero-order chi connectivity index (χ0) is 13.9. The normalized spacial score (nSPS) is 24.6. The fraction of sp³-hybridized carbons (Fsp3) is 0.562. The first-order valence-corrected chi connectivity index (χ1v) is 7.51. The SMILES string of the molecule is O=C(CCC1CCNC1)NC1CCc2c(F)cccc21. The van der Waals surface area contributed by atoms with Crippen molar-refractivity contribution in [1.29, 1.82) is 0 Å². The van der Waals surface area contributed by atoms with E-state index in [1.807, 2.05) is 6.07 Å². The van der Waals surface area contributed by atoms with Gasteiger partial charge in [0.25, 0.3) is 0 Å². The Hall–Kier alpha value is -1.42. The number of carbonyl (C=O) groups is 1. The van der Waals surface area contributed by atoms with E-state index < -0.39 is 0 Å². The summed E-state index contributed by atoms with van der Waals surface area (Å²) >= 11 is 0. The predicted octanol–water partition coefficient (Wildman–Crippen LogP) is 2.32. The number of carbonyl (C=O) groups excluding carboxylic acids is 1. The van der Waals surface area contributed by atoms with Gasteiger partial charge in [0, 0.05) is 6.42 Å². The van der Waals surface area contributed by atoms with Crippen molar-refractivity contribution < 1.29 is 9.18 Å². The van der Waals surface area contributed by atoms with E-state index >= 15 is 0 Å². The molecule has 1 heterocycles. The largest absolute Gasteiger partial charge is 0.349 e. The second-order valence-electron chi connectivity index (χ2n) is 5.86. The smallest absolute Gasteiger partial charge is 0.220 e. The maximum atomic E-state index is 13.6. The van der Waals surface area contributed by atoms with Gasteiger partial charge in [-0.25, -0.2) is 4.39 Å². The van der Waals surface area contributed by atoms with Crippen LogP contribution < -0.4 is 10.6 Å². The lowest BCUT2D eigenvalue weighted by Crippen LogP contribution is -2.27. The zero-order valence-electron chi connectivity index (χ0n) is 11.6. The molecule has 0 spiro atoms. The fourth-order valence-corrected chi connectivity index (χ4v) is 3.32. The Morgan fingerprint density at radius 1 is 1.40 bits per heavy atom. The quantitative estimate of drug-likeness (QED) is 0.886. The Labute approximate surface area is 118 Å². The average Bonchev–Trinajstić information content (AvgIpc) is 3.07. The molecule has 108 valence electrons. The van der Waals surface area contributed by atoms with Crippen molar-refractivity contribution in [2.24, 2.45) is 5.92 Å². The van der Waals surface area contributed by atoms with Gasteiger partial charge in [-0.2, -0.15) is 0 Å². The van der Waals surface area contributed by atoms with Crippen LogP contribution in [0.4, 0.5) is 4.39 Å². The third-order valence-corrected chi connectivity index (χ3v) is 4.49. The van der Waals surface area contributed by atoms with E-state index in [1.165, 1.54) is 12.5 Å². The molecule has 1 aromatic carbocycles. The first-order valence-electron chi connectivity index (χ1n) is 7.51. The summed E-state index contributed by atoms with van der Waals surface area (Å²) in [6.45, 7) is 2.10. The highest BCUT2D eigenvalue weighted by Gasteiger charge is 2.26. The zero-order valence-corrected chi connectivity index (χ0v) is 11.6. The van der Waals surface area contributed by atoms with Crippen molar-refractivity contribution >= 4 is 5.91 Å². The number of hydrogen-bond donors (Lipinski definition) is 2. The predicted molar refractivity (Wildman–Crippen MR) is 75.8 cm³/mol. The van der Waals surface area contributed by atoms with Crippen molar-refractivity contribution in [3.63, 3.8) is 0 Å². The first kappa shape index (κ1) is 13.6. The number of nitrogens with one attached hydrogen (secondary N) is 2. The van der Waals surface area contributed by atoms with Crippen LogP contribution in [0.25, 0.3) is 0 Å². The minimum atomic E-state index is -0.142. The van der Waals surface area contributed by atoms with E-state index in [9.17, 15) is 9.18 Å². The molecule has 1 amide bonds. The molecule has 2 aliphatic rings. The lowest BCUT2D eigenvalue weighted by molar-refractivity contribution is -0.122. The molecule has 0 bridgehead atoms. The van der Waals surface area contributed by atoms with Crippen LogP contribution in [-0.4, -0.2) is 19.0 Å². The molecule has 4 heteroatoms. The Bertz CT molecular complexity index is 497. The summed E-state index contributed by atoms with van der Waals surface area (Å²) in [6.07, 6.45) is 4.23. The van der Waals surface area contributed by atoms with Crippen LogP contribution in [0.1, 0.15) is 42.9 Å². The molecule has 3 rings (SSSR count). The number of hydrogen-bond acceptors (Lipinski definition) is 2. The maximum absolute atomic E-state index is 13.6. The van der Waals surface area contributed by atoms with Crippen molar-refractivity contribution in [3.8, 4) is 0 Å². The minimum Gasteiger partial charge on any atom is -0.349 e. The van der Waals surface area contributed by atoms with Gasteiger partial charge in [0.2, 0.25) is 5.91 Å². The minimum absolute atomic E-state index is 0.00472. The van der Waals surface area contributed by atoms with Gasteiger partial charge >= 0.3 is 0 Å². The van der Waals surface area contributed by atoms with Crippen molar-refractivity contribution in [2.75, 3.05) is 13.1 Å². The number of benzene rings is 1. The van der Waals surface area contributed by atoms with E-state index in [1.54, 1.807) is 6.07 Å². The monoisotopic (exact) mass is 276 g/mol. The molecular weight excluding hydrogens is 255 g/mol. The first-order chi connectivity index (χ1) is 9.74. The molecule has 2 atom stereocenters. The molecule has 1 aliphatic heterocycles. The highest BCUT2D eigenvalue weighted by molar-refractivity contribution is 5.76. The Morgan fingerprint density at radius 2 is 2.30 bits per heavy atom. The molecule has 0 radical (unpaired) electrons. The van der Waals surface area contributed by atoms with E-state index in [2.05, 4.69) is 10.6 Å². The van der Waals surface area contributed by atoms with E-state index in [0.29, 0.717) is 12.3 Å². The summed E-state index contributed by atoms with van der Waals surface area (Å²) in [6, 6.07) is 5.14. The van der Waals surface area contributed by atoms with E-state index in [-0.39, 0.29) is 17.8 Å². The average molecular weight is 276 g/mol. The van der Waals surface area contributed by atoms with Crippen LogP contribution in [-0.2, 0) is 11.2 Å². The summed E-state index contributed by atoms with van der Waals surface area (Å²) in [5.74, 6) is 0.587. The Balaban J connectivity index is 1.54. The Morgan fingerprint density at radius 3 is 3.10 bits per heavy atom. The third kappa shape index (κ3) is 2.85. The van der Waals surface area contributed by atoms with Crippen LogP contribution >= 0.6 is 0 Å². The fourth-order valence-electron chi connectivity index (χ4n) is 3.32. The maximum Gasteiger partial charge on any atom is 0.220 e. The molecule has 2 N–H and O–H groups in total. The second kappa shape index (κ2) is 5.92. The van der Waals surface area contributed by atoms with Gasteiger partial charge in [-0.1, -0.05) is 12.1 Å². The topological polar surface area (TPSA) is 41.1 Å². The molecular formula is C16H21FN2O. The highest BCUT2D eigenvalue weighted by atomic mass is 19.1. The van der Waals surface area contributed by atoms with Crippen LogP contribution in [0.15, 0.2) is 18.2 Å². The van der Waals surface area contributed by atoms with Gasteiger partial charge in [0.15, 0.2) is 0 Å². The summed E-state index contributed by atoms with van der Waals surface area (Å²) in [5.41, 5.74) is 1.73. The van der Waals surface area contributed by atoms with Crippen molar-refractivity contribution in [3.05, 3.63) is 35.1 Å². The lowest BCUT2D eigenvalue weighted by atomic mass is 10.0. The second-order valence-corrected chi connectivity index (χ2v) is 5.86. The molecule has 2 unspecified atom stereocenters. The van der Waals surface area contributed by atoms with Crippen LogP contribution in [0.2, 0.25) is 0 Å². The van der Waals surface area contributed by atoms with Gasteiger partial charge in [-0.15, -0.1) is 0 Å². The van der Waals surface area contributed by atoms with Gasteiger partial charge in [0.1, 0.15) is 5.82 Å². The summed E-state index contributed by atoms with van der Waals surface area (Å²) in [5, 5.41) is 6.38. The van der Waals surface area contributed by atoms with Gasteiger partial charge in [0.05, 0.1) is 6.04 Å². The number of fused-ring (bicyclic) bond motifs is 1. The van der Waals surface area contributed by atoms with Gasteiger partial charge in [-0.05, 0) is 61.9 Å². The number of rotatable bonds is 4. The Kier molecular flexibility index (Phi) is 4.01. The molecule has 0 saturated carbocycles. The van der Waals surface area contributed by atoms with E-state index in [0.717, 1.165) is 43.5 Å². The molecule has 20 heavy (non-hydrogen) atoms. The van der Waals surface area contributed by atoms with Gasteiger partial charge < -0.3 is 10.6 Å².